The van der Waals surface area contributed by atoms with Crippen LogP contribution < -0.4 is 0 Å². The van der Waals surface area contributed by atoms with Crippen molar-refractivity contribution in [3.05, 3.63) is 83.3 Å². The van der Waals surface area contributed by atoms with Gasteiger partial charge in [0, 0.05) is 0 Å². The van der Waals surface area contributed by atoms with E-state index in [0.29, 0.717) is 0 Å². The zero-order chi connectivity index (χ0) is 20.3. The summed E-state index contributed by atoms with van der Waals surface area (Å²) in [7, 11) is 0. The van der Waals surface area contributed by atoms with Crippen LogP contribution in [0.3, 0.4) is 0 Å². The molecule has 0 bridgehead atoms. The largest absolute Gasteiger partial charge is 0.505 e. The monoisotopic (exact) mass is 378 g/mol. The lowest BCUT2D eigenvalue weighted by Gasteiger charge is -2.19. The smallest absolute Gasteiger partial charge is 0.341 e. The van der Waals surface area contributed by atoms with Crippen molar-refractivity contribution in [1.82, 2.24) is 0 Å². The number of allylic oxidation sites excluding steroid dienone is 2. The highest BCUT2D eigenvalue weighted by atomic mass is 16.4. The lowest BCUT2D eigenvalue weighted by Crippen LogP contribution is -2.31. The predicted molar refractivity (Wildman–Crippen MR) is 102 cm³/mol. The number of aliphatic carboxylic acids is 2. The standard InChI is InChI=1S/C20H14N2O6/c23-17-14(20(27)28)16(22-12-9-5-2-6-10-12)18(24)13(19(25)26)15(17)21-11-7-3-1-4-8-11/h1-10,23-24H,(H,25,26)(H,27,28). The van der Waals surface area contributed by atoms with Gasteiger partial charge in [-0.1, -0.05) is 36.4 Å². The van der Waals surface area contributed by atoms with Crippen molar-refractivity contribution >= 4 is 34.7 Å². The number of para-hydroxylation sites is 2. The van der Waals surface area contributed by atoms with Gasteiger partial charge in [0.1, 0.15) is 22.6 Å². The fourth-order valence-electron chi connectivity index (χ4n) is 2.58. The number of nitrogens with zero attached hydrogens (tertiary/aromatic N) is 2. The number of aliphatic hydroxyl groups excluding tert-OH is 2. The summed E-state index contributed by atoms with van der Waals surface area (Å²) >= 11 is 0. The molecule has 0 heterocycles. The minimum atomic E-state index is -1.59. The van der Waals surface area contributed by atoms with Crippen LogP contribution in [0.4, 0.5) is 11.4 Å². The maximum Gasteiger partial charge on any atom is 0.341 e. The maximum absolute atomic E-state index is 11.8. The van der Waals surface area contributed by atoms with Gasteiger partial charge in [-0.25, -0.2) is 19.6 Å². The van der Waals surface area contributed by atoms with Crippen LogP contribution in [-0.2, 0) is 9.59 Å². The van der Waals surface area contributed by atoms with Gasteiger partial charge in [-0.05, 0) is 24.3 Å². The van der Waals surface area contributed by atoms with E-state index >= 15 is 0 Å². The molecular formula is C20H14N2O6. The lowest BCUT2D eigenvalue weighted by molar-refractivity contribution is -0.133. The summed E-state index contributed by atoms with van der Waals surface area (Å²) in [5.74, 6) is -4.99. The van der Waals surface area contributed by atoms with E-state index in [2.05, 4.69) is 9.98 Å². The third-order valence-electron chi connectivity index (χ3n) is 3.82. The van der Waals surface area contributed by atoms with Crippen LogP contribution in [0, 0.1) is 0 Å². The zero-order valence-corrected chi connectivity index (χ0v) is 14.3. The summed E-state index contributed by atoms with van der Waals surface area (Å²) in [5, 5.41) is 40.1. The summed E-state index contributed by atoms with van der Waals surface area (Å²) in [6.45, 7) is 0. The van der Waals surface area contributed by atoms with Crippen molar-refractivity contribution < 1.29 is 30.0 Å². The van der Waals surface area contributed by atoms with E-state index in [1.807, 2.05) is 0 Å². The Morgan fingerprint density at radius 3 is 1.21 bits per heavy atom. The second-order valence-corrected chi connectivity index (χ2v) is 5.65. The van der Waals surface area contributed by atoms with Crippen LogP contribution in [-0.4, -0.2) is 43.8 Å². The highest BCUT2D eigenvalue weighted by Gasteiger charge is 2.38. The summed E-state index contributed by atoms with van der Waals surface area (Å²) in [4.78, 5) is 31.5. The van der Waals surface area contributed by atoms with Crippen molar-refractivity contribution in [2.24, 2.45) is 9.98 Å². The molecule has 8 heteroatoms. The molecule has 0 atom stereocenters. The molecule has 140 valence electrons. The molecule has 0 fully saturated rings. The molecule has 1 aliphatic rings. The van der Waals surface area contributed by atoms with Gasteiger partial charge >= 0.3 is 11.9 Å². The Balaban J connectivity index is 2.30. The van der Waals surface area contributed by atoms with E-state index in [0.717, 1.165) is 0 Å². The molecule has 0 amide bonds. The average molecular weight is 378 g/mol. The lowest BCUT2D eigenvalue weighted by atomic mass is 9.91. The third kappa shape index (κ3) is 3.51. The van der Waals surface area contributed by atoms with E-state index in [-0.39, 0.29) is 11.4 Å². The predicted octanol–water partition coefficient (Wildman–Crippen LogP) is 3.34. The number of rotatable bonds is 4. The SMILES string of the molecule is O=C(O)C1=C(O)C(=Nc2ccccc2)C(C(=O)O)=C(O)C1=Nc1ccccc1. The molecule has 3 rings (SSSR count). The number of carbonyl (C=O) groups is 2. The van der Waals surface area contributed by atoms with Crippen LogP contribution in [0.2, 0.25) is 0 Å². The van der Waals surface area contributed by atoms with Gasteiger partial charge in [-0.15, -0.1) is 0 Å². The molecule has 0 aliphatic heterocycles. The minimum Gasteiger partial charge on any atom is -0.505 e. The Morgan fingerprint density at radius 2 is 0.929 bits per heavy atom. The Bertz CT molecular complexity index is 979. The fourth-order valence-corrected chi connectivity index (χ4v) is 2.58. The molecule has 0 saturated heterocycles. The number of carboxylic acids is 2. The van der Waals surface area contributed by atoms with Gasteiger partial charge in [0.15, 0.2) is 11.5 Å². The molecule has 0 radical (unpaired) electrons. The second kappa shape index (κ2) is 7.58. The number of hydrogen-bond acceptors (Lipinski definition) is 6. The molecule has 0 unspecified atom stereocenters. The van der Waals surface area contributed by atoms with E-state index in [4.69, 9.17) is 0 Å². The molecule has 8 nitrogen and oxygen atoms in total. The van der Waals surface area contributed by atoms with E-state index < -0.39 is 46.0 Å². The molecule has 2 aromatic rings. The Labute approximate surface area is 158 Å². The van der Waals surface area contributed by atoms with Crippen LogP contribution in [0.1, 0.15) is 0 Å². The quantitative estimate of drug-likeness (QED) is 0.602. The fraction of sp³-hybridized carbons (Fsp3) is 0. The normalized spacial score (nSPS) is 17.3. The first kappa shape index (κ1) is 18.6. The van der Waals surface area contributed by atoms with Gasteiger partial charge in [-0.2, -0.15) is 0 Å². The second-order valence-electron chi connectivity index (χ2n) is 5.65. The Morgan fingerprint density at radius 1 is 0.607 bits per heavy atom. The van der Waals surface area contributed by atoms with Gasteiger partial charge in [-0.3, -0.25) is 0 Å². The topological polar surface area (TPSA) is 140 Å². The van der Waals surface area contributed by atoms with Gasteiger partial charge in [0.25, 0.3) is 0 Å². The highest BCUT2D eigenvalue weighted by Crippen LogP contribution is 2.29. The summed E-state index contributed by atoms with van der Waals surface area (Å²) < 4.78 is 0. The van der Waals surface area contributed by atoms with Crippen molar-refractivity contribution in [2.75, 3.05) is 0 Å². The first-order chi connectivity index (χ1) is 13.4. The van der Waals surface area contributed by atoms with Gasteiger partial charge < -0.3 is 20.4 Å². The van der Waals surface area contributed by atoms with Crippen LogP contribution >= 0.6 is 0 Å². The van der Waals surface area contributed by atoms with Crippen molar-refractivity contribution in [2.45, 2.75) is 0 Å². The third-order valence-corrected chi connectivity index (χ3v) is 3.82. The molecule has 0 aromatic heterocycles. The molecule has 2 aromatic carbocycles. The highest BCUT2D eigenvalue weighted by molar-refractivity contribution is 6.41. The van der Waals surface area contributed by atoms with Crippen LogP contribution in [0.15, 0.2) is 93.3 Å². The van der Waals surface area contributed by atoms with Crippen molar-refractivity contribution in [3.63, 3.8) is 0 Å². The molecule has 1 aliphatic carbocycles. The number of benzene rings is 2. The molecule has 28 heavy (non-hydrogen) atoms. The molecule has 4 N–H and O–H groups in total. The molecule has 0 spiro atoms. The van der Waals surface area contributed by atoms with Crippen molar-refractivity contribution in [1.29, 1.82) is 0 Å². The number of aliphatic imine (C=N–C) groups is 2. The first-order valence-electron chi connectivity index (χ1n) is 8.02. The van der Waals surface area contributed by atoms with E-state index in [1.165, 1.54) is 24.3 Å². The number of carboxylic acid groups (broad SMARTS) is 2. The number of hydrogen-bond donors (Lipinski definition) is 4. The minimum absolute atomic E-state index is 0.267. The zero-order valence-electron chi connectivity index (χ0n) is 14.3. The Kier molecular flexibility index (Phi) is 5.03. The van der Waals surface area contributed by atoms with Gasteiger partial charge in [0.05, 0.1) is 11.4 Å². The average Bonchev–Trinajstić information content (AvgIpc) is 2.67. The van der Waals surface area contributed by atoms with Gasteiger partial charge in [0.2, 0.25) is 0 Å². The van der Waals surface area contributed by atoms with E-state index in [9.17, 15) is 30.0 Å². The molecule has 0 saturated carbocycles. The Hall–Kier alpha value is -4.20. The van der Waals surface area contributed by atoms with Crippen LogP contribution in [0.5, 0.6) is 0 Å². The van der Waals surface area contributed by atoms with Crippen molar-refractivity contribution in [3.8, 4) is 0 Å². The first-order valence-corrected chi connectivity index (χ1v) is 8.02. The summed E-state index contributed by atoms with van der Waals surface area (Å²) in [5.41, 5.74) is -2.10. The maximum atomic E-state index is 11.8. The summed E-state index contributed by atoms with van der Waals surface area (Å²) in [6, 6.07) is 16.1. The summed E-state index contributed by atoms with van der Waals surface area (Å²) in [6.07, 6.45) is 0. The number of aliphatic hydroxyl groups is 2. The van der Waals surface area contributed by atoms with Crippen LogP contribution in [0.25, 0.3) is 0 Å². The van der Waals surface area contributed by atoms with E-state index in [1.54, 1.807) is 36.4 Å². The molecular weight excluding hydrogens is 364 g/mol.